The van der Waals surface area contributed by atoms with Crippen molar-refractivity contribution in [3.05, 3.63) is 0 Å². The molecule has 0 bridgehead atoms. The number of likely N-dealkylation sites (tertiary alicyclic amines) is 1. The molecule has 1 aliphatic heterocycles. The third-order valence-corrected chi connectivity index (χ3v) is 5.07. The quantitative estimate of drug-likeness (QED) is 0.764. The number of nitrogens with one attached hydrogen (secondary N) is 1. The fraction of sp³-hybridized carbons (Fsp3) is 0.929. The molecule has 1 atom stereocenters. The molecule has 0 aromatic heterocycles. The fourth-order valence-electron chi connectivity index (χ4n) is 2.27. The van der Waals surface area contributed by atoms with Crippen molar-refractivity contribution in [2.75, 3.05) is 19.6 Å². The van der Waals surface area contributed by atoms with Gasteiger partial charge in [-0.15, -0.1) is 0 Å². The van der Waals surface area contributed by atoms with Crippen LogP contribution in [0.4, 0.5) is 0 Å². The van der Waals surface area contributed by atoms with Crippen LogP contribution in [0.15, 0.2) is 0 Å². The maximum atomic E-state index is 11.9. The second kappa shape index (κ2) is 8.16. The lowest BCUT2D eigenvalue weighted by atomic mass is 10.0. The molecule has 0 aromatic rings. The molecule has 106 valence electrons. The van der Waals surface area contributed by atoms with Gasteiger partial charge in [0.15, 0.2) is 0 Å². The molecule has 0 radical (unpaired) electrons. The zero-order valence-corrected chi connectivity index (χ0v) is 13.5. The van der Waals surface area contributed by atoms with Crippen molar-refractivity contribution in [1.82, 2.24) is 10.2 Å². The van der Waals surface area contributed by atoms with Gasteiger partial charge < -0.3 is 10.2 Å². The lowest BCUT2D eigenvalue weighted by molar-refractivity contribution is -0.122. The Labute approximate surface area is 120 Å². The minimum atomic E-state index is -0.0596. The molecule has 18 heavy (non-hydrogen) atoms. The van der Waals surface area contributed by atoms with E-state index in [0.29, 0.717) is 12.0 Å². The topological polar surface area (TPSA) is 32.3 Å². The second-order valence-electron chi connectivity index (χ2n) is 5.62. The molecule has 0 aliphatic carbocycles. The summed E-state index contributed by atoms with van der Waals surface area (Å²) in [5.74, 6) is 0.492. The highest BCUT2D eigenvalue weighted by molar-refractivity contribution is 9.10. The number of hydrogen-bond donors (Lipinski definition) is 1. The van der Waals surface area contributed by atoms with Crippen LogP contribution in [-0.4, -0.2) is 41.3 Å². The van der Waals surface area contributed by atoms with E-state index in [1.807, 2.05) is 0 Å². The third kappa shape index (κ3) is 5.27. The molecular weight excluding hydrogens is 292 g/mol. The molecule has 1 amide bonds. The summed E-state index contributed by atoms with van der Waals surface area (Å²) >= 11 is 3.46. The first-order valence-corrected chi connectivity index (χ1v) is 8.13. The predicted octanol–water partition coefficient (Wildman–Crippen LogP) is 2.79. The molecule has 1 fully saturated rings. The van der Waals surface area contributed by atoms with Gasteiger partial charge in [-0.3, -0.25) is 4.79 Å². The molecule has 1 N–H and O–H groups in total. The van der Waals surface area contributed by atoms with Crippen molar-refractivity contribution in [3.8, 4) is 0 Å². The summed E-state index contributed by atoms with van der Waals surface area (Å²) in [5.41, 5.74) is 0. The Morgan fingerprint density at radius 3 is 2.50 bits per heavy atom. The van der Waals surface area contributed by atoms with Gasteiger partial charge in [0.1, 0.15) is 0 Å². The number of hydrogen-bond acceptors (Lipinski definition) is 2. The molecule has 4 heteroatoms. The summed E-state index contributed by atoms with van der Waals surface area (Å²) in [7, 11) is 0. The van der Waals surface area contributed by atoms with Gasteiger partial charge in [-0.2, -0.15) is 0 Å². The van der Waals surface area contributed by atoms with E-state index >= 15 is 0 Å². The van der Waals surface area contributed by atoms with Gasteiger partial charge in [0.05, 0.1) is 4.83 Å². The zero-order valence-electron chi connectivity index (χ0n) is 11.9. The first kappa shape index (κ1) is 16.0. The zero-order chi connectivity index (χ0) is 13.5. The first-order valence-electron chi connectivity index (χ1n) is 7.21. The van der Waals surface area contributed by atoms with Crippen molar-refractivity contribution in [1.29, 1.82) is 0 Å². The SMILES string of the molecule is CCCCN1CCC(NC(=O)C(Br)C(C)C)CC1. The van der Waals surface area contributed by atoms with Crippen LogP contribution in [0.3, 0.4) is 0 Å². The average Bonchev–Trinajstić information content (AvgIpc) is 2.36. The number of nitrogens with zero attached hydrogens (tertiary/aromatic N) is 1. The first-order chi connectivity index (χ1) is 8.54. The van der Waals surface area contributed by atoms with Crippen molar-refractivity contribution >= 4 is 21.8 Å². The number of rotatable bonds is 6. The van der Waals surface area contributed by atoms with E-state index < -0.39 is 0 Å². The van der Waals surface area contributed by atoms with Gasteiger partial charge in [-0.1, -0.05) is 43.1 Å². The van der Waals surface area contributed by atoms with Crippen molar-refractivity contribution in [2.24, 2.45) is 5.92 Å². The monoisotopic (exact) mass is 318 g/mol. The van der Waals surface area contributed by atoms with E-state index in [0.717, 1.165) is 25.9 Å². The molecule has 0 aromatic carbocycles. The summed E-state index contributed by atoms with van der Waals surface area (Å²) < 4.78 is 0. The van der Waals surface area contributed by atoms with Gasteiger partial charge in [0.2, 0.25) is 5.91 Å². The number of piperidine rings is 1. The summed E-state index contributed by atoms with van der Waals surface area (Å²) in [5, 5.41) is 3.16. The Morgan fingerprint density at radius 1 is 1.39 bits per heavy atom. The molecule has 3 nitrogen and oxygen atoms in total. The molecule has 1 rings (SSSR count). The lowest BCUT2D eigenvalue weighted by Crippen LogP contribution is -2.47. The Morgan fingerprint density at radius 2 is 2.00 bits per heavy atom. The maximum absolute atomic E-state index is 11.9. The van der Waals surface area contributed by atoms with Gasteiger partial charge in [-0.25, -0.2) is 0 Å². The molecule has 0 spiro atoms. The predicted molar refractivity (Wildman–Crippen MR) is 80.1 cm³/mol. The van der Waals surface area contributed by atoms with E-state index in [2.05, 4.69) is 46.9 Å². The van der Waals surface area contributed by atoms with Crippen LogP contribution in [-0.2, 0) is 4.79 Å². The Bertz CT molecular complexity index is 250. The van der Waals surface area contributed by atoms with Crippen LogP contribution in [0.2, 0.25) is 0 Å². The maximum Gasteiger partial charge on any atom is 0.234 e. The number of unbranched alkanes of at least 4 members (excludes halogenated alkanes) is 1. The van der Waals surface area contributed by atoms with E-state index in [1.54, 1.807) is 0 Å². The number of carbonyl (C=O) groups is 1. The smallest absolute Gasteiger partial charge is 0.234 e. The minimum Gasteiger partial charge on any atom is -0.352 e. The number of carbonyl (C=O) groups excluding carboxylic acids is 1. The summed E-state index contributed by atoms with van der Waals surface area (Å²) in [6.07, 6.45) is 4.73. The van der Waals surface area contributed by atoms with Crippen LogP contribution in [0.25, 0.3) is 0 Å². The summed E-state index contributed by atoms with van der Waals surface area (Å²) in [6, 6.07) is 0.370. The highest BCUT2D eigenvalue weighted by atomic mass is 79.9. The number of halogens is 1. The molecule has 1 unspecified atom stereocenters. The van der Waals surface area contributed by atoms with E-state index in [9.17, 15) is 4.79 Å². The van der Waals surface area contributed by atoms with Crippen molar-refractivity contribution in [3.63, 3.8) is 0 Å². The van der Waals surface area contributed by atoms with E-state index in [1.165, 1.54) is 19.4 Å². The van der Waals surface area contributed by atoms with E-state index in [4.69, 9.17) is 0 Å². The summed E-state index contributed by atoms with van der Waals surface area (Å²) in [4.78, 5) is 14.4. The Kier molecular flexibility index (Phi) is 7.23. The second-order valence-corrected chi connectivity index (χ2v) is 6.61. The Hall–Kier alpha value is -0.0900. The van der Waals surface area contributed by atoms with Gasteiger partial charge in [-0.05, 0) is 31.7 Å². The molecule has 1 aliphatic rings. The highest BCUT2D eigenvalue weighted by Crippen LogP contribution is 2.15. The van der Waals surface area contributed by atoms with Gasteiger partial charge >= 0.3 is 0 Å². The largest absolute Gasteiger partial charge is 0.352 e. The van der Waals surface area contributed by atoms with Crippen molar-refractivity contribution in [2.45, 2.75) is 57.3 Å². The van der Waals surface area contributed by atoms with Crippen LogP contribution in [0.1, 0.15) is 46.5 Å². The highest BCUT2D eigenvalue weighted by Gasteiger charge is 2.24. The van der Waals surface area contributed by atoms with Gasteiger partial charge in [0, 0.05) is 19.1 Å². The lowest BCUT2D eigenvalue weighted by Gasteiger charge is -2.32. The normalized spacial score (nSPS) is 20.1. The van der Waals surface area contributed by atoms with Crippen molar-refractivity contribution < 1.29 is 4.79 Å². The third-order valence-electron chi connectivity index (χ3n) is 3.60. The molecule has 0 saturated carbocycles. The molecular formula is C14H27BrN2O. The average molecular weight is 319 g/mol. The standard InChI is InChI=1S/C14H27BrN2O/c1-4-5-8-17-9-6-12(7-10-17)16-14(18)13(15)11(2)3/h11-13H,4-10H2,1-3H3,(H,16,18). The van der Waals surface area contributed by atoms with E-state index in [-0.39, 0.29) is 10.7 Å². The number of amides is 1. The van der Waals surface area contributed by atoms with Gasteiger partial charge in [0.25, 0.3) is 0 Å². The number of alkyl halides is 1. The van der Waals surface area contributed by atoms with Crippen LogP contribution in [0, 0.1) is 5.92 Å². The van der Waals surface area contributed by atoms with Crippen LogP contribution >= 0.6 is 15.9 Å². The van der Waals surface area contributed by atoms with Crippen LogP contribution < -0.4 is 5.32 Å². The Balaban J connectivity index is 2.25. The minimum absolute atomic E-state index is 0.0596. The molecule has 1 saturated heterocycles. The summed E-state index contributed by atoms with van der Waals surface area (Å²) in [6.45, 7) is 9.82. The fourth-order valence-corrected chi connectivity index (χ4v) is 2.40. The molecule has 1 heterocycles. The van der Waals surface area contributed by atoms with Crippen LogP contribution in [0.5, 0.6) is 0 Å².